The van der Waals surface area contributed by atoms with Gasteiger partial charge >= 0.3 is 0 Å². The van der Waals surface area contributed by atoms with Crippen molar-refractivity contribution in [1.82, 2.24) is 0 Å². The summed E-state index contributed by atoms with van der Waals surface area (Å²) in [5, 5.41) is 0. The highest BCUT2D eigenvalue weighted by atomic mass is 14.2. The van der Waals surface area contributed by atoms with Gasteiger partial charge in [0.2, 0.25) is 0 Å². The van der Waals surface area contributed by atoms with E-state index < -0.39 is 0 Å². The lowest BCUT2D eigenvalue weighted by Gasteiger charge is -2.21. The fraction of sp³-hybridized carbons (Fsp3) is 0.226. The fourth-order valence-corrected chi connectivity index (χ4v) is 5.24. The smallest absolute Gasteiger partial charge is 0.0122 e. The SMILES string of the molecule is Cc1cc(C)c(-c2cc(-c3ccccc3)cc(-c3c(C)cc(C)cc3C)c2C)c(C)c1. The molecule has 0 fully saturated rings. The largest absolute Gasteiger partial charge is 0.0622 e. The molecule has 0 radical (unpaired) electrons. The van der Waals surface area contributed by atoms with Crippen LogP contribution in [0.3, 0.4) is 0 Å². The molecule has 0 aliphatic rings. The molecule has 0 spiro atoms. The number of hydrogen-bond acceptors (Lipinski definition) is 0. The Morgan fingerprint density at radius 1 is 0.419 bits per heavy atom. The van der Waals surface area contributed by atoms with Crippen LogP contribution >= 0.6 is 0 Å². The van der Waals surface area contributed by atoms with Crippen molar-refractivity contribution < 1.29 is 0 Å². The lowest BCUT2D eigenvalue weighted by Crippen LogP contribution is -1.98. The first-order valence-corrected chi connectivity index (χ1v) is 11.1. The first kappa shape index (κ1) is 21.1. The second kappa shape index (κ2) is 8.19. The summed E-state index contributed by atoms with van der Waals surface area (Å²) in [6.45, 7) is 15.6. The maximum absolute atomic E-state index is 2.39. The third-order valence-corrected chi connectivity index (χ3v) is 6.41. The average molecular weight is 405 g/mol. The maximum Gasteiger partial charge on any atom is -0.0122 e. The van der Waals surface area contributed by atoms with Crippen molar-refractivity contribution in [2.75, 3.05) is 0 Å². The monoisotopic (exact) mass is 404 g/mol. The van der Waals surface area contributed by atoms with Crippen LogP contribution in [0.4, 0.5) is 0 Å². The zero-order valence-electron chi connectivity index (χ0n) is 19.9. The van der Waals surface area contributed by atoms with E-state index in [1.54, 1.807) is 0 Å². The molecular weight excluding hydrogens is 372 g/mol. The standard InChI is InChI=1S/C31H32/c1-19-13-21(3)30(22(4)14-19)28-17-27(26-11-9-8-10-12-26)18-29(25(28)7)31-23(5)15-20(2)16-24(31)6/h8-18H,1-7H3. The van der Waals surface area contributed by atoms with E-state index in [-0.39, 0.29) is 0 Å². The number of aryl methyl sites for hydroxylation is 6. The van der Waals surface area contributed by atoms with Crippen LogP contribution < -0.4 is 0 Å². The molecule has 0 heterocycles. The van der Waals surface area contributed by atoms with Crippen molar-refractivity contribution in [2.45, 2.75) is 48.5 Å². The summed E-state index contributed by atoms with van der Waals surface area (Å²) in [7, 11) is 0. The van der Waals surface area contributed by atoms with E-state index in [1.165, 1.54) is 72.3 Å². The molecule has 0 amide bonds. The van der Waals surface area contributed by atoms with Gasteiger partial charge in [-0.25, -0.2) is 0 Å². The predicted octanol–water partition coefficient (Wildman–Crippen LogP) is 8.85. The molecule has 156 valence electrons. The van der Waals surface area contributed by atoms with Crippen molar-refractivity contribution >= 4 is 0 Å². The zero-order valence-corrected chi connectivity index (χ0v) is 19.9. The van der Waals surface area contributed by atoms with E-state index >= 15 is 0 Å². The third kappa shape index (κ3) is 3.95. The van der Waals surface area contributed by atoms with Gasteiger partial charge in [-0.2, -0.15) is 0 Å². The summed E-state index contributed by atoms with van der Waals surface area (Å²) in [5.74, 6) is 0. The first-order chi connectivity index (χ1) is 14.8. The van der Waals surface area contributed by atoms with Gasteiger partial charge in [0.1, 0.15) is 0 Å². The molecule has 0 nitrogen and oxygen atoms in total. The predicted molar refractivity (Wildman–Crippen MR) is 136 cm³/mol. The van der Waals surface area contributed by atoms with Crippen LogP contribution in [0.15, 0.2) is 66.7 Å². The van der Waals surface area contributed by atoms with Crippen LogP contribution in [0.1, 0.15) is 38.9 Å². The average Bonchev–Trinajstić information content (AvgIpc) is 2.69. The van der Waals surface area contributed by atoms with Gasteiger partial charge < -0.3 is 0 Å². The third-order valence-electron chi connectivity index (χ3n) is 6.41. The Hall–Kier alpha value is -3.12. The Labute approximate surface area is 187 Å². The number of rotatable bonds is 3. The summed E-state index contributed by atoms with van der Waals surface area (Å²) < 4.78 is 0. The van der Waals surface area contributed by atoms with Crippen molar-refractivity contribution in [2.24, 2.45) is 0 Å². The molecule has 0 bridgehead atoms. The van der Waals surface area contributed by atoms with Gasteiger partial charge in [-0.15, -0.1) is 0 Å². The topological polar surface area (TPSA) is 0 Å². The molecule has 4 aromatic carbocycles. The molecule has 0 N–H and O–H groups in total. The van der Waals surface area contributed by atoms with Crippen LogP contribution in [0.2, 0.25) is 0 Å². The molecule has 0 heteroatoms. The molecule has 4 rings (SSSR count). The number of hydrogen-bond donors (Lipinski definition) is 0. The Kier molecular flexibility index (Phi) is 5.58. The summed E-state index contributed by atoms with van der Waals surface area (Å²) in [6.07, 6.45) is 0. The van der Waals surface area contributed by atoms with Crippen molar-refractivity contribution in [1.29, 1.82) is 0 Å². The van der Waals surface area contributed by atoms with Crippen LogP contribution in [0.5, 0.6) is 0 Å². The minimum atomic E-state index is 1.26. The molecule has 0 unspecified atom stereocenters. The van der Waals surface area contributed by atoms with Gasteiger partial charge in [0.05, 0.1) is 0 Å². The molecule has 31 heavy (non-hydrogen) atoms. The van der Waals surface area contributed by atoms with E-state index in [4.69, 9.17) is 0 Å². The van der Waals surface area contributed by atoms with Gasteiger partial charge in [-0.1, -0.05) is 65.7 Å². The molecule has 0 aliphatic heterocycles. The highest BCUT2D eigenvalue weighted by Crippen LogP contribution is 2.41. The number of benzene rings is 4. The van der Waals surface area contributed by atoms with E-state index in [0.29, 0.717) is 0 Å². The molecule has 4 aromatic rings. The van der Waals surface area contributed by atoms with Gasteiger partial charge in [-0.3, -0.25) is 0 Å². The van der Waals surface area contributed by atoms with Crippen molar-refractivity contribution in [3.63, 3.8) is 0 Å². The fourth-order valence-electron chi connectivity index (χ4n) is 5.24. The van der Waals surface area contributed by atoms with Crippen molar-refractivity contribution in [3.05, 3.63) is 106 Å². The quantitative estimate of drug-likeness (QED) is 0.320. The van der Waals surface area contributed by atoms with Gasteiger partial charge in [0, 0.05) is 0 Å². The van der Waals surface area contributed by atoms with E-state index in [2.05, 4.69) is 115 Å². The zero-order chi connectivity index (χ0) is 22.3. The minimum Gasteiger partial charge on any atom is -0.0622 e. The molecule has 0 saturated carbocycles. The second-order valence-corrected chi connectivity index (χ2v) is 9.11. The molecule has 0 aromatic heterocycles. The van der Waals surface area contributed by atoms with Gasteiger partial charge in [-0.05, 0) is 122 Å². The van der Waals surface area contributed by atoms with E-state index in [0.717, 1.165) is 0 Å². The lowest BCUT2D eigenvalue weighted by molar-refractivity contribution is 1.29. The second-order valence-electron chi connectivity index (χ2n) is 9.11. The summed E-state index contributed by atoms with van der Waals surface area (Å²) >= 11 is 0. The molecular formula is C31H32. The minimum absolute atomic E-state index is 1.26. The van der Waals surface area contributed by atoms with Crippen LogP contribution in [0.25, 0.3) is 33.4 Å². The Bertz CT molecular complexity index is 1150. The summed E-state index contributed by atoms with van der Waals surface area (Å²) in [6, 6.07) is 24.7. The normalized spacial score (nSPS) is 11.1. The van der Waals surface area contributed by atoms with Gasteiger partial charge in [0.15, 0.2) is 0 Å². The Morgan fingerprint density at radius 2 is 0.806 bits per heavy atom. The van der Waals surface area contributed by atoms with E-state index in [9.17, 15) is 0 Å². The van der Waals surface area contributed by atoms with Crippen molar-refractivity contribution in [3.8, 4) is 33.4 Å². The Balaban J connectivity index is 2.09. The lowest BCUT2D eigenvalue weighted by atomic mass is 9.83. The van der Waals surface area contributed by atoms with Crippen LogP contribution in [-0.2, 0) is 0 Å². The highest BCUT2D eigenvalue weighted by Gasteiger charge is 2.17. The molecule has 0 saturated heterocycles. The van der Waals surface area contributed by atoms with E-state index in [1.807, 2.05) is 0 Å². The molecule has 0 aliphatic carbocycles. The Morgan fingerprint density at radius 3 is 1.19 bits per heavy atom. The molecule has 0 atom stereocenters. The first-order valence-electron chi connectivity index (χ1n) is 11.1. The van der Waals surface area contributed by atoms with Crippen LogP contribution in [-0.4, -0.2) is 0 Å². The van der Waals surface area contributed by atoms with Gasteiger partial charge in [0.25, 0.3) is 0 Å². The van der Waals surface area contributed by atoms with Crippen LogP contribution in [0, 0.1) is 48.5 Å². The summed E-state index contributed by atoms with van der Waals surface area (Å²) in [5.41, 5.74) is 17.3. The maximum atomic E-state index is 2.39. The highest BCUT2D eigenvalue weighted by molar-refractivity contribution is 5.88. The summed E-state index contributed by atoms with van der Waals surface area (Å²) in [4.78, 5) is 0.